The zero-order valence-electron chi connectivity index (χ0n) is 10.3. The van der Waals surface area contributed by atoms with Crippen LogP contribution < -0.4 is 0 Å². The highest BCUT2D eigenvalue weighted by Gasteiger charge is 2.31. The topological polar surface area (TPSA) is 47.8 Å². The zero-order valence-corrected chi connectivity index (χ0v) is 10.3. The monoisotopic (exact) mass is 241 g/mol. The minimum Gasteiger partial charge on any atom is -0.294 e. The molecular formula is C14H15N3O. The third-order valence-electron chi connectivity index (χ3n) is 3.54. The highest BCUT2D eigenvalue weighted by Crippen LogP contribution is 2.28. The molecule has 0 fully saturated rings. The van der Waals surface area contributed by atoms with E-state index in [1.807, 2.05) is 35.9 Å². The van der Waals surface area contributed by atoms with Crippen LogP contribution >= 0.6 is 0 Å². The molecular weight excluding hydrogens is 226 g/mol. The second kappa shape index (κ2) is 4.37. The predicted octanol–water partition coefficient (Wildman–Crippen LogP) is 1.90. The van der Waals surface area contributed by atoms with E-state index in [1.165, 1.54) is 0 Å². The first kappa shape index (κ1) is 11.1. The lowest BCUT2D eigenvalue weighted by molar-refractivity contribution is 0.0934. The van der Waals surface area contributed by atoms with Gasteiger partial charge in [0.25, 0.3) is 0 Å². The summed E-state index contributed by atoms with van der Waals surface area (Å²) in [5, 5.41) is 4.15. The van der Waals surface area contributed by atoms with Crippen molar-refractivity contribution < 1.29 is 4.79 Å². The number of hydrogen-bond acceptors (Lipinski definition) is 3. The Balaban J connectivity index is 1.83. The Bertz CT molecular complexity index is 588. The maximum Gasteiger partial charge on any atom is 0.167 e. The quantitative estimate of drug-likeness (QED) is 0.824. The lowest BCUT2D eigenvalue weighted by atomic mass is 10.0. The first-order valence-corrected chi connectivity index (χ1v) is 6.28. The van der Waals surface area contributed by atoms with Crippen LogP contribution in [0, 0.1) is 5.92 Å². The van der Waals surface area contributed by atoms with Crippen molar-refractivity contribution in [2.75, 3.05) is 0 Å². The molecule has 3 rings (SSSR count). The van der Waals surface area contributed by atoms with Crippen molar-refractivity contribution >= 4 is 5.78 Å². The van der Waals surface area contributed by atoms with Crippen LogP contribution in [0.3, 0.4) is 0 Å². The summed E-state index contributed by atoms with van der Waals surface area (Å²) in [5.41, 5.74) is 2.04. The number of aryl methyl sites for hydroxylation is 1. The zero-order chi connectivity index (χ0) is 12.5. The summed E-state index contributed by atoms with van der Waals surface area (Å²) < 4.78 is 1.86. The second-order valence-corrected chi connectivity index (χ2v) is 4.62. The number of benzene rings is 1. The van der Waals surface area contributed by atoms with Crippen LogP contribution in [0.15, 0.2) is 30.6 Å². The molecule has 0 saturated heterocycles. The van der Waals surface area contributed by atoms with Gasteiger partial charge in [-0.25, -0.2) is 4.98 Å². The van der Waals surface area contributed by atoms with Crippen LogP contribution in [-0.2, 0) is 19.4 Å². The van der Waals surface area contributed by atoms with Gasteiger partial charge in [0.15, 0.2) is 5.78 Å². The smallest absolute Gasteiger partial charge is 0.167 e. The third kappa shape index (κ3) is 1.74. The fraction of sp³-hybridized carbons (Fsp3) is 0.357. The van der Waals surface area contributed by atoms with Gasteiger partial charge < -0.3 is 0 Å². The molecule has 0 radical (unpaired) electrons. The van der Waals surface area contributed by atoms with E-state index in [4.69, 9.17) is 0 Å². The summed E-state index contributed by atoms with van der Waals surface area (Å²) in [7, 11) is 0. The maximum absolute atomic E-state index is 12.3. The van der Waals surface area contributed by atoms with Gasteiger partial charge in [0.2, 0.25) is 0 Å². The number of aromatic nitrogens is 3. The fourth-order valence-electron chi connectivity index (χ4n) is 2.61. The first-order valence-electron chi connectivity index (χ1n) is 6.28. The van der Waals surface area contributed by atoms with Gasteiger partial charge in [0.05, 0.1) is 0 Å². The SMILES string of the molecule is CCn1ncnc1CC1Cc2ccccc2C1=O. The molecule has 18 heavy (non-hydrogen) atoms. The number of carbonyl (C=O) groups excluding carboxylic acids is 1. The lowest BCUT2D eigenvalue weighted by Gasteiger charge is -2.07. The molecule has 1 aromatic carbocycles. The molecule has 1 heterocycles. The summed E-state index contributed by atoms with van der Waals surface area (Å²) in [6.07, 6.45) is 3.07. The van der Waals surface area contributed by atoms with Crippen molar-refractivity contribution in [3.63, 3.8) is 0 Å². The predicted molar refractivity (Wildman–Crippen MR) is 67.4 cm³/mol. The van der Waals surface area contributed by atoms with E-state index in [-0.39, 0.29) is 11.7 Å². The van der Waals surface area contributed by atoms with Crippen molar-refractivity contribution in [1.82, 2.24) is 14.8 Å². The number of Topliss-reactive ketones (excluding diaryl/α,β-unsaturated/α-hetero) is 1. The molecule has 4 heteroatoms. The van der Waals surface area contributed by atoms with Gasteiger partial charge in [-0.2, -0.15) is 5.10 Å². The maximum atomic E-state index is 12.3. The number of ketones is 1. The molecule has 1 unspecified atom stereocenters. The molecule has 0 bridgehead atoms. The van der Waals surface area contributed by atoms with E-state index in [1.54, 1.807) is 6.33 Å². The molecule has 1 atom stereocenters. The summed E-state index contributed by atoms with van der Waals surface area (Å²) >= 11 is 0. The standard InChI is InChI=1S/C14H15N3O/c1-2-17-13(15-9-16-17)8-11-7-10-5-3-4-6-12(10)14(11)18/h3-6,9,11H,2,7-8H2,1H3. The molecule has 0 spiro atoms. The third-order valence-corrected chi connectivity index (χ3v) is 3.54. The van der Waals surface area contributed by atoms with E-state index in [0.29, 0.717) is 6.42 Å². The highest BCUT2D eigenvalue weighted by molar-refractivity contribution is 6.02. The number of rotatable bonds is 3. The Morgan fingerprint density at radius 2 is 2.22 bits per heavy atom. The van der Waals surface area contributed by atoms with E-state index in [0.717, 1.165) is 29.9 Å². The molecule has 92 valence electrons. The number of hydrogen-bond donors (Lipinski definition) is 0. The molecule has 4 nitrogen and oxygen atoms in total. The normalized spacial score (nSPS) is 18.1. The van der Waals surface area contributed by atoms with Gasteiger partial charge in [0, 0.05) is 24.4 Å². The first-order chi connectivity index (χ1) is 8.79. The Morgan fingerprint density at radius 1 is 1.39 bits per heavy atom. The van der Waals surface area contributed by atoms with Crippen LogP contribution in [0.1, 0.15) is 28.7 Å². The van der Waals surface area contributed by atoms with Gasteiger partial charge in [-0.3, -0.25) is 9.48 Å². The average molecular weight is 241 g/mol. The molecule has 0 amide bonds. The van der Waals surface area contributed by atoms with E-state index in [2.05, 4.69) is 10.1 Å². The lowest BCUT2D eigenvalue weighted by Crippen LogP contribution is -2.16. The minimum atomic E-state index is 0.0249. The molecule has 0 saturated carbocycles. The Morgan fingerprint density at radius 3 is 3.00 bits per heavy atom. The van der Waals surface area contributed by atoms with Crippen LogP contribution in [0.25, 0.3) is 0 Å². The van der Waals surface area contributed by atoms with Crippen LogP contribution in [-0.4, -0.2) is 20.5 Å². The molecule has 2 aromatic rings. The van der Waals surface area contributed by atoms with Crippen LogP contribution in [0.2, 0.25) is 0 Å². The number of fused-ring (bicyclic) bond motifs is 1. The van der Waals surface area contributed by atoms with Crippen molar-refractivity contribution in [2.45, 2.75) is 26.3 Å². The molecule has 1 aliphatic rings. The van der Waals surface area contributed by atoms with Gasteiger partial charge in [0.1, 0.15) is 12.2 Å². The van der Waals surface area contributed by atoms with Crippen LogP contribution in [0.4, 0.5) is 0 Å². The van der Waals surface area contributed by atoms with Gasteiger partial charge in [-0.1, -0.05) is 24.3 Å². The highest BCUT2D eigenvalue weighted by atomic mass is 16.1. The van der Waals surface area contributed by atoms with E-state index in [9.17, 15) is 4.79 Å². The van der Waals surface area contributed by atoms with Gasteiger partial charge in [-0.15, -0.1) is 0 Å². The number of nitrogens with zero attached hydrogens (tertiary/aromatic N) is 3. The minimum absolute atomic E-state index is 0.0249. The Kier molecular flexibility index (Phi) is 2.70. The van der Waals surface area contributed by atoms with Crippen molar-refractivity contribution in [3.05, 3.63) is 47.5 Å². The fourth-order valence-corrected chi connectivity index (χ4v) is 2.61. The molecule has 0 N–H and O–H groups in total. The average Bonchev–Trinajstić information content (AvgIpc) is 2.96. The summed E-state index contributed by atoms with van der Waals surface area (Å²) in [6.45, 7) is 2.83. The summed E-state index contributed by atoms with van der Waals surface area (Å²) in [5.74, 6) is 1.18. The molecule has 0 aliphatic heterocycles. The van der Waals surface area contributed by atoms with E-state index >= 15 is 0 Å². The van der Waals surface area contributed by atoms with Crippen molar-refractivity contribution in [1.29, 1.82) is 0 Å². The van der Waals surface area contributed by atoms with Gasteiger partial charge in [-0.05, 0) is 18.9 Å². The largest absolute Gasteiger partial charge is 0.294 e. The van der Waals surface area contributed by atoms with Crippen molar-refractivity contribution in [2.24, 2.45) is 5.92 Å². The number of carbonyl (C=O) groups is 1. The van der Waals surface area contributed by atoms with E-state index < -0.39 is 0 Å². The van der Waals surface area contributed by atoms with Gasteiger partial charge >= 0.3 is 0 Å². The molecule has 1 aromatic heterocycles. The molecule has 1 aliphatic carbocycles. The Hall–Kier alpha value is -1.97. The summed E-state index contributed by atoms with van der Waals surface area (Å²) in [6, 6.07) is 7.87. The van der Waals surface area contributed by atoms with Crippen LogP contribution in [0.5, 0.6) is 0 Å². The summed E-state index contributed by atoms with van der Waals surface area (Å²) in [4.78, 5) is 16.5. The second-order valence-electron chi connectivity index (χ2n) is 4.62. The Labute approximate surface area is 106 Å². The van der Waals surface area contributed by atoms with Crippen molar-refractivity contribution in [3.8, 4) is 0 Å².